The average Bonchev–Trinajstić information content (AvgIpc) is 2.70. The van der Waals surface area contributed by atoms with Gasteiger partial charge in [-0.3, -0.25) is 14.9 Å². The van der Waals surface area contributed by atoms with Crippen LogP contribution in [0.5, 0.6) is 0 Å². The smallest absolute Gasteiger partial charge is 0.271 e. The van der Waals surface area contributed by atoms with Gasteiger partial charge in [-0.05, 0) is 12.5 Å². The maximum Gasteiger partial charge on any atom is 0.271 e. The van der Waals surface area contributed by atoms with Crippen molar-refractivity contribution in [3.05, 3.63) is 34.4 Å². The molecule has 1 aromatic rings. The summed E-state index contributed by atoms with van der Waals surface area (Å²) in [6, 6.07) is 5.82. The van der Waals surface area contributed by atoms with E-state index in [0.717, 1.165) is 10.8 Å². The van der Waals surface area contributed by atoms with Gasteiger partial charge < -0.3 is 0 Å². The Morgan fingerprint density at radius 1 is 1.45 bits per heavy atom. The Bertz CT molecular complexity index is 568. The molecule has 2 rings (SSSR count). The van der Waals surface area contributed by atoms with Crippen LogP contribution in [-0.4, -0.2) is 36.8 Å². The number of alkyl halides is 1. The van der Waals surface area contributed by atoms with E-state index in [0.29, 0.717) is 12.2 Å². The van der Waals surface area contributed by atoms with Crippen molar-refractivity contribution < 1.29 is 13.9 Å². The van der Waals surface area contributed by atoms with Gasteiger partial charge in [-0.25, -0.2) is 9.22 Å². The van der Waals surface area contributed by atoms with Crippen molar-refractivity contribution in [1.29, 1.82) is 0 Å². The number of benzene rings is 1. The molecule has 20 heavy (non-hydrogen) atoms. The number of hydrogen-bond donors (Lipinski definition) is 0. The van der Waals surface area contributed by atoms with Crippen LogP contribution in [0.1, 0.15) is 6.42 Å². The van der Waals surface area contributed by atoms with Crippen molar-refractivity contribution in [1.82, 2.24) is 5.01 Å². The predicted octanol–water partition coefficient (Wildman–Crippen LogP) is 1.65. The number of non-ortho nitro benzene ring substituents is 1. The number of anilines is 1. The number of rotatable bonds is 5. The van der Waals surface area contributed by atoms with Gasteiger partial charge >= 0.3 is 0 Å². The van der Waals surface area contributed by atoms with Gasteiger partial charge in [0, 0.05) is 23.1 Å². The lowest BCUT2D eigenvalue weighted by Gasteiger charge is -2.27. The van der Waals surface area contributed by atoms with E-state index in [1.165, 1.54) is 27.6 Å². The molecule has 1 amide bonds. The molecule has 1 heterocycles. The Morgan fingerprint density at radius 2 is 2.20 bits per heavy atom. The van der Waals surface area contributed by atoms with E-state index >= 15 is 0 Å². The van der Waals surface area contributed by atoms with E-state index in [4.69, 9.17) is 0 Å². The number of hydrazine groups is 1. The van der Waals surface area contributed by atoms with E-state index in [9.17, 15) is 19.1 Å². The SMILES string of the molecule is O=C1CS(=O)N(c2cccc([N+](=O)[O-])c2)N1CCCI. The number of amides is 1. The first kappa shape index (κ1) is 15.2. The highest BCUT2D eigenvalue weighted by Crippen LogP contribution is 2.27. The van der Waals surface area contributed by atoms with Crippen LogP contribution in [0.25, 0.3) is 0 Å². The molecule has 1 saturated heterocycles. The minimum atomic E-state index is -1.51. The van der Waals surface area contributed by atoms with E-state index in [1.54, 1.807) is 6.07 Å². The summed E-state index contributed by atoms with van der Waals surface area (Å²) in [5.41, 5.74) is 0.310. The number of hydrogen-bond acceptors (Lipinski definition) is 4. The van der Waals surface area contributed by atoms with Crippen molar-refractivity contribution in [2.45, 2.75) is 6.42 Å². The normalized spacial score (nSPS) is 18.6. The molecule has 7 nitrogen and oxygen atoms in total. The standard InChI is InChI=1S/C11H12IN3O4S/c12-5-2-6-13-11(16)8-20(19)14(13)9-3-1-4-10(7-9)15(17)18/h1,3-4,7H,2,5-6,8H2. The van der Waals surface area contributed by atoms with Gasteiger partial charge in [0.15, 0.2) is 0 Å². The highest BCUT2D eigenvalue weighted by Gasteiger charge is 2.35. The Kier molecular flexibility index (Phi) is 4.91. The highest BCUT2D eigenvalue weighted by atomic mass is 127. The Labute approximate surface area is 131 Å². The van der Waals surface area contributed by atoms with Crippen molar-refractivity contribution in [3.63, 3.8) is 0 Å². The highest BCUT2D eigenvalue weighted by molar-refractivity contribution is 14.1. The summed E-state index contributed by atoms with van der Waals surface area (Å²) >= 11 is 2.20. The summed E-state index contributed by atoms with van der Waals surface area (Å²) in [4.78, 5) is 22.1. The van der Waals surface area contributed by atoms with Crippen molar-refractivity contribution in [2.75, 3.05) is 21.1 Å². The zero-order valence-electron chi connectivity index (χ0n) is 10.4. The van der Waals surface area contributed by atoms with Gasteiger partial charge in [-0.1, -0.05) is 28.7 Å². The molecule has 1 atom stereocenters. The molecule has 1 aromatic carbocycles. The molecule has 9 heteroatoms. The zero-order chi connectivity index (χ0) is 14.7. The lowest BCUT2D eigenvalue weighted by atomic mass is 10.3. The number of carbonyl (C=O) groups is 1. The quantitative estimate of drug-likeness (QED) is 0.321. The fourth-order valence-electron chi connectivity index (χ4n) is 1.86. The molecule has 1 unspecified atom stereocenters. The summed E-state index contributed by atoms with van der Waals surface area (Å²) in [5, 5.41) is 12.2. The van der Waals surface area contributed by atoms with E-state index < -0.39 is 15.9 Å². The molecule has 0 bridgehead atoms. The summed E-state index contributed by atoms with van der Waals surface area (Å²) in [6.45, 7) is 0.455. The second-order valence-electron chi connectivity index (χ2n) is 4.08. The summed E-state index contributed by atoms with van der Waals surface area (Å²) < 4.78 is 14.3. The van der Waals surface area contributed by atoms with Crippen LogP contribution in [0.3, 0.4) is 0 Å². The first-order chi connectivity index (χ1) is 9.54. The second-order valence-corrected chi connectivity index (χ2v) is 6.43. The van der Waals surface area contributed by atoms with Crippen molar-refractivity contribution in [2.24, 2.45) is 0 Å². The first-order valence-corrected chi connectivity index (χ1v) is 8.64. The molecule has 108 valence electrons. The number of halogens is 1. The molecular weight excluding hydrogens is 397 g/mol. The molecule has 1 aliphatic rings. The Morgan fingerprint density at radius 3 is 2.85 bits per heavy atom. The van der Waals surface area contributed by atoms with Crippen LogP contribution in [0.4, 0.5) is 11.4 Å². The van der Waals surface area contributed by atoms with Gasteiger partial charge in [0.05, 0.1) is 10.6 Å². The third kappa shape index (κ3) is 3.08. The summed E-state index contributed by atoms with van der Waals surface area (Å²) in [5.74, 6) is -0.302. The summed E-state index contributed by atoms with van der Waals surface area (Å²) in [7, 11) is -1.51. The number of nitro benzene ring substituents is 1. The molecular formula is C11H12IN3O4S. The number of nitro groups is 1. The molecule has 0 saturated carbocycles. The predicted molar refractivity (Wildman–Crippen MR) is 83.8 cm³/mol. The number of carbonyl (C=O) groups excluding carboxylic acids is 1. The van der Waals surface area contributed by atoms with Crippen molar-refractivity contribution in [3.8, 4) is 0 Å². The molecule has 0 aliphatic carbocycles. The third-order valence-electron chi connectivity index (χ3n) is 2.71. The minimum Gasteiger partial charge on any atom is -0.272 e. The fraction of sp³-hybridized carbons (Fsp3) is 0.364. The second kappa shape index (κ2) is 6.48. The first-order valence-electron chi connectivity index (χ1n) is 5.84. The van der Waals surface area contributed by atoms with Crippen LogP contribution >= 0.6 is 22.6 Å². The van der Waals surface area contributed by atoms with E-state index in [2.05, 4.69) is 22.6 Å². The molecule has 0 spiro atoms. The minimum absolute atomic E-state index is 0.0794. The van der Waals surface area contributed by atoms with E-state index in [1.807, 2.05) is 0 Å². The van der Waals surface area contributed by atoms with Gasteiger partial charge in [0.25, 0.3) is 11.6 Å². The Balaban J connectivity index is 2.32. The van der Waals surface area contributed by atoms with Crippen LogP contribution < -0.4 is 4.41 Å². The average molecular weight is 409 g/mol. The largest absolute Gasteiger partial charge is 0.272 e. The third-order valence-corrected chi connectivity index (χ3v) is 4.76. The van der Waals surface area contributed by atoms with Crippen LogP contribution in [-0.2, 0) is 15.8 Å². The molecule has 0 N–H and O–H groups in total. The lowest BCUT2D eigenvalue weighted by Crippen LogP contribution is -2.40. The molecule has 1 fully saturated rings. The van der Waals surface area contributed by atoms with Crippen LogP contribution in [0.2, 0.25) is 0 Å². The fourth-order valence-corrected chi connectivity index (χ4v) is 3.43. The van der Waals surface area contributed by atoms with E-state index in [-0.39, 0.29) is 17.3 Å². The Hall–Kier alpha value is -1.23. The van der Waals surface area contributed by atoms with Crippen LogP contribution in [0.15, 0.2) is 24.3 Å². The van der Waals surface area contributed by atoms with Crippen LogP contribution in [0, 0.1) is 10.1 Å². The molecule has 1 aliphatic heterocycles. The van der Waals surface area contributed by atoms with Crippen molar-refractivity contribution >= 4 is 50.9 Å². The topological polar surface area (TPSA) is 83.8 Å². The maximum atomic E-state index is 12.0. The zero-order valence-corrected chi connectivity index (χ0v) is 13.4. The maximum absolute atomic E-state index is 12.0. The van der Waals surface area contributed by atoms with Gasteiger partial charge in [0.1, 0.15) is 16.7 Å². The number of nitrogens with zero attached hydrogens (tertiary/aromatic N) is 3. The molecule has 0 radical (unpaired) electrons. The van der Waals surface area contributed by atoms with Gasteiger partial charge in [0.2, 0.25) is 0 Å². The van der Waals surface area contributed by atoms with Gasteiger partial charge in [-0.2, -0.15) is 4.41 Å². The molecule has 0 aromatic heterocycles. The lowest BCUT2D eigenvalue weighted by molar-refractivity contribution is -0.384. The van der Waals surface area contributed by atoms with Gasteiger partial charge in [-0.15, -0.1) is 0 Å². The summed E-state index contributed by atoms with van der Waals surface area (Å²) in [6.07, 6.45) is 0.773. The monoisotopic (exact) mass is 409 g/mol.